The van der Waals surface area contributed by atoms with Crippen molar-refractivity contribution >= 4 is 17.5 Å². The van der Waals surface area contributed by atoms with Gasteiger partial charge in [0.2, 0.25) is 12.1 Å². The lowest BCUT2D eigenvalue weighted by molar-refractivity contribution is -0.388. The molecule has 22 heavy (non-hydrogen) atoms. The summed E-state index contributed by atoms with van der Waals surface area (Å²) < 4.78 is 1.52. The first-order valence-corrected chi connectivity index (χ1v) is 6.30. The van der Waals surface area contributed by atoms with Crippen LogP contribution < -0.4 is 5.32 Å². The summed E-state index contributed by atoms with van der Waals surface area (Å²) in [6.45, 7) is 0. The Morgan fingerprint density at radius 3 is 2.91 bits per heavy atom. The summed E-state index contributed by atoms with van der Waals surface area (Å²) in [6, 6.07) is 5.36. The summed E-state index contributed by atoms with van der Waals surface area (Å²) in [5.41, 5.74) is 1.49. The molecule has 0 fully saturated rings. The Kier molecular flexibility index (Phi) is 3.44. The topological polar surface area (TPSA) is 112 Å². The van der Waals surface area contributed by atoms with E-state index in [1.54, 1.807) is 31.6 Å². The molecule has 0 radical (unpaired) electrons. The van der Waals surface area contributed by atoms with E-state index in [2.05, 4.69) is 25.3 Å². The maximum atomic E-state index is 11.0. The number of hydrogen-bond acceptors (Lipinski definition) is 7. The lowest BCUT2D eigenvalue weighted by Gasteiger charge is -2.06. The van der Waals surface area contributed by atoms with E-state index in [-0.39, 0.29) is 11.6 Å². The Morgan fingerprint density at radius 2 is 2.18 bits per heavy atom. The van der Waals surface area contributed by atoms with E-state index in [9.17, 15) is 10.1 Å². The van der Waals surface area contributed by atoms with Crippen molar-refractivity contribution in [3.63, 3.8) is 0 Å². The Hall–Kier alpha value is -3.36. The quantitative estimate of drug-likeness (QED) is 0.578. The van der Waals surface area contributed by atoms with Gasteiger partial charge in [0.25, 0.3) is 0 Å². The summed E-state index contributed by atoms with van der Waals surface area (Å²) in [5, 5.41) is 13.9. The van der Waals surface area contributed by atoms with Gasteiger partial charge in [-0.25, -0.2) is 9.97 Å². The number of rotatable bonds is 4. The van der Waals surface area contributed by atoms with E-state index in [0.717, 1.165) is 5.56 Å². The third-order valence-electron chi connectivity index (χ3n) is 2.96. The minimum absolute atomic E-state index is 0.251. The monoisotopic (exact) mass is 297 g/mol. The normalized spacial score (nSPS) is 10.4. The SMILES string of the molecule is Cn1cnc([N+](=O)[O-])c1Nc1cc(-c2cccnc2)ncn1. The van der Waals surface area contributed by atoms with E-state index in [4.69, 9.17) is 0 Å². The van der Waals surface area contributed by atoms with E-state index in [0.29, 0.717) is 11.5 Å². The van der Waals surface area contributed by atoms with Gasteiger partial charge in [-0.1, -0.05) is 0 Å². The van der Waals surface area contributed by atoms with Crippen molar-refractivity contribution in [1.29, 1.82) is 0 Å². The Balaban J connectivity index is 1.94. The zero-order chi connectivity index (χ0) is 15.5. The van der Waals surface area contributed by atoms with E-state index >= 15 is 0 Å². The molecule has 0 aliphatic carbocycles. The average Bonchev–Trinajstić information content (AvgIpc) is 2.90. The van der Waals surface area contributed by atoms with Crippen LogP contribution in [-0.4, -0.2) is 29.4 Å². The lowest BCUT2D eigenvalue weighted by atomic mass is 10.2. The van der Waals surface area contributed by atoms with E-state index < -0.39 is 4.92 Å². The highest BCUT2D eigenvalue weighted by molar-refractivity contribution is 5.66. The average molecular weight is 297 g/mol. The summed E-state index contributed by atoms with van der Waals surface area (Å²) >= 11 is 0. The summed E-state index contributed by atoms with van der Waals surface area (Å²) in [6.07, 6.45) is 6.10. The second kappa shape index (κ2) is 5.56. The van der Waals surface area contributed by atoms with Gasteiger partial charge in [-0.05, 0) is 22.0 Å². The van der Waals surface area contributed by atoms with Gasteiger partial charge < -0.3 is 15.4 Å². The van der Waals surface area contributed by atoms with Gasteiger partial charge in [0.05, 0.1) is 5.69 Å². The highest BCUT2D eigenvalue weighted by Crippen LogP contribution is 2.25. The number of imidazole rings is 1. The summed E-state index contributed by atoms with van der Waals surface area (Å²) in [4.78, 5) is 26.4. The predicted octanol–water partition coefficient (Wildman–Crippen LogP) is 1.92. The molecular formula is C13H11N7O2. The standard InChI is InChI=1S/C13H11N7O2/c1-19-8-17-12(20(21)22)13(19)18-11-5-10(15-7-16-11)9-3-2-4-14-6-9/h2-8H,1H3,(H,15,16,18). The van der Waals surface area contributed by atoms with Gasteiger partial charge in [0.1, 0.15) is 12.1 Å². The number of aromatic nitrogens is 5. The zero-order valence-corrected chi connectivity index (χ0v) is 11.5. The van der Waals surface area contributed by atoms with Crippen LogP contribution in [0.15, 0.2) is 43.2 Å². The summed E-state index contributed by atoms with van der Waals surface area (Å²) in [5.74, 6) is 0.422. The molecule has 110 valence electrons. The number of nitrogens with zero attached hydrogens (tertiary/aromatic N) is 6. The van der Waals surface area contributed by atoms with Crippen LogP contribution in [0.3, 0.4) is 0 Å². The number of pyridine rings is 1. The van der Waals surface area contributed by atoms with Crippen molar-refractivity contribution in [2.24, 2.45) is 7.05 Å². The number of anilines is 2. The molecule has 1 N–H and O–H groups in total. The fourth-order valence-corrected chi connectivity index (χ4v) is 1.91. The smallest absolute Gasteiger partial charge is 0.358 e. The molecule has 9 nitrogen and oxygen atoms in total. The summed E-state index contributed by atoms with van der Waals surface area (Å²) in [7, 11) is 1.66. The number of nitro groups is 1. The predicted molar refractivity (Wildman–Crippen MR) is 78.4 cm³/mol. The third kappa shape index (κ3) is 2.59. The first-order valence-electron chi connectivity index (χ1n) is 6.30. The fraction of sp³-hybridized carbons (Fsp3) is 0.0769. The molecule has 3 aromatic heterocycles. The number of hydrogen-bond donors (Lipinski definition) is 1. The second-order valence-corrected chi connectivity index (χ2v) is 4.44. The number of aryl methyl sites for hydroxylation is 1. The van der Waals surface area contributed by atoms with Gasteiger partial charge in [0, 0.05) is 31.1 Å². The van der Waals surface area contributed by atoms with E-state index in [1.165, 1.54) is 17.2 Å². The molecule has 0 saturated carbocycles. The van der Waals surface area contributed by atoms with Crippen LogP contribution in [0.4, 0.5) is 17.5 Å². The van der Waals surface area contributed by atoms with Crippen LogP contribution in [0.1, 0.15) is 0 Å². The molecule has 0 saturated heterocycles. The molecule has 0 atom stereocenters. The second-order valence-electron chi connectivity index (χ2n) is 4.44. The molecule has 0 aliphatic rings. The molecule has 3 rings (SSSR count). The van der Waals surface area contributed by atoms with Gasteiger partial charge in [-0.3, -0.25) is 9.55 Å². The first kappa shape index (κ1) is 13.6. The fourth-order valence-electron chi connectivity index (χ4n) is 1.91. The zero-order valence-electron chi connectivity index (χ0n) is 11.5. The van der Waals surface area contributed by atoms with Crippen molar-refractivity contribution in [2.75, 3.05) is 5.32 Å². The maximum absolute atomic E-state index is 11.0. The maximum Gasteiger partial charge on any atom is 0.406 e. The lowest BCUT2D eigenvalue weighted by Crippen LogP contribution is -2.02. The molecule has 0 amide bonds. The molecule has 0 aromatic carbocycles. The molecule has 0 spiro atoms. The largest absolute Gasteiger partial charge is 0.406 e. The highest BCUT2D eigenvalue weighted by atomic mass is 16.6. The molecule has 3 aromatic rings. The first-order chi connectivity index (χ1) is 10.6. The van der Waals surface area contributed by atoms with Crippen molar-refractivity contribution < 1.29 is 4.92 Å². The molecule has 0 aliphatic heterocycles. The van der Waals surface area contributed by atoms with Crippen LogP contribution >= 0.6 is 0 Å². The highest BCUT2D eigenvalue weighted by Gasteiger charge is 2.20. The Labute approximate surface area is 124 Å². The van der Waals surface area contributed by atoms with Crippen molar-refractivity contribution in [2.45, 2.75) is 0 Å². The van der Waals surface area contributed by atoms with Gasteiger partial charge >= 0.3 is 5.82 Å². The Bertz CT molecular complexity index is 816. The van der Waals surface area contributed by atoms with E-state index in [1.807, 2.05) is 6.07 Å². The van der Waals surface area contributed by atoms with Crippen LogP contribution in [0.2, 0.25) is 0 Å². The van der Waals surface area contributed by atoms with Crippen molar-refractivity contribution in [3.05, 3.63) is 53.4 Å². The number of nitrogens with one attached hydrogen (secondary N) is 1. The molecule has 3 heterocycles. The van der Waals surface area contributed by atoms with Gasteiger partial charge in [-0.15, -0.1) is 0 Å². The van der Waals surface area contributed by atoms with Crippen LogP contribution in [0, 0.1) is 10.1 Å². The van der Waals surface area contributed by atoms with Crippen molar-refractivity contribution in [1.82, 2.24) is 24.5 Å². The van der Waals surface area contributed by atoms with Crippen molar-refractivity contribution in [3.8, 4) is 11.3 Å². The Morgan fingerprint density at radius 1 is 1.32 bits per heavy atom. The van der Waals surface area contributed by atoms with Gasteiger partial charge in [-0.2, -0.15) is 0 Å². The molecular weight excluding hydrogens is 286 g/mol. The van der Waals surface area contributed by atoms with Crippen LogP contribution in [-0.2, 0) is 7.05 Å². The minimum atomic E-state index is -0.550. The molecule has 0 bridgehead atoms. The third-order valence-corrected chi connectivity index (χ3v) is 2.96. The van der Waals surface area contributed by atoms with Gasteiger partial charge in [0.15, 0.2) is 0 Å². The molecule has 0 unspecified atom stereocenters. The molecule has 9 heteroatoms. The van der Waals surface area contributed by atoms with Crippen LogP contribution in [0.5, 0.6) is 0 Å². The van der Waals surface area contributed by atoms with Crippen LogP contribution in [0.25, 0.3) is 11.3 Å². The minimum Gasteiger partial charge on any atom is -0.358 e.